The second kappa shape index (κ2) is 8.12. The molecule has 1 aromatic heterocycles. The lowest BCUT2D eigenvalue weighted by Gasteiger charge is -2.33. The molecule has 2 heterocycles. The Hall–Kier alpha value is -2.35. The van der Waals surface area contributed by atoms with Crippen LogP contribution in [0.3, 0.4) is 0 Å². The van der Waals surface area contributed by atoms with Gasteiger partial charge in [0.15, 0.2) is 0 Å². The molecule has 0 aliphatic carbocycles. The molecule has 0 amide bonds. The van der Waals surface area contributed by atoms with E-state index in [0.717, 1.165) is 49.4 Å². The van der Waals surface area contributed by atoms with E-state index >= 15 is 0 Å². The molecular weight excluding hydrogens is 355 g/mol. The smallest absolute Gasteiger partial charge is 0.363 e. The summed E-state index contributed by atoms with van der Waals surface area (Å²) < 4.78 is 38.0. The van der Waals surface area contributed by atoms with Crippen molar-refractivity contribution in [2.45, 2.75) is 31.6 Å². The zero-order chi connectivity index (χ0) is 19.4. The first-order valence-electron chi connectivity index (χ1n) is 8.96. The standard InChI is InChI=1S/C19H24F3N5/c1-26(2)17-9-10-23-18(25-17)24-16-4-3-11-27(13-16)12-14-5-7-15(8-6-14)19(20,21)22/h5-10,16H,3-4,11-13H2,1-2H3,(H,23,24,25). The van der Waals surface area contributed by atoms with Crippen molar-refractivity contribution in [3.63, 3.8) is 0 Å². The highest BCUT2D eigenvalue weighted by molar-refractivity contribution is 5.41. The first-order chi connectivity index (χ1) is 12.8. The number of aromatic nitrogens is 2. The molecule has 1 unspecified atom stereocenters. The van der Waals surface area contributed by atoms with Crippen LogP contribution in [-0.2, 0) is 12.7 Å². The third-order valence-corrected chi connectivity index (χ3v) is 4.63. The van der Waals surface area contributed by atoms with Gasteiger partial charge < -0.3 is 10.2 Å². The summed E-state index contributed by atoms with van der Waals surface area (Å²) in [4.78, 5) is 12.9. The van der Waals surface area contributed by atoms with Crippen molar-refractivity contribution in [1.82, 2.24) is 14.9 Å². The van der Waals surface area contributed by atoms with E-state index in [1.165, 1.54) is 0 Å². The first-order valence-corrected chi connectivity index (χ1v) is 8.96. The fourth-order valence-electron chi connectivity index (χ4n) is 3.22. The summed E-state index contributed by atoms with van der Waals surface area (Å²) >= 11 is 0. The summed E-state index contributed by atoms with van der Waals surface area (Å²) in [5, 5.41) is 3.38. The maximum Gasteiger partial charge on any atom is 0.416 e. The largest absolute Gasteiger partial charge is 0.416 e. The van der Waals surface area contributed by atoms with E-state index in [2.05, 4.69) is 20.2 Å². The second-order valence-corrected chi connectivity index (χ2v) is 7.05. The number of nitrogens with zero attached hydrogens (tertiary/aromatic N) is 4. The van der Waals surface area contributed by atoms with Crippen molar-refractivity contribution >= 4 is 11.8 Å². The molecule has 1 aromatic carbocycles. The van der Waals surface area contributed by atoms with Crippen LogP contribution in [-0.4, -0.2) is 48.1 Å². The average molecular weight is 379 g/mol. The van der Waals surface area contributed by atoms with E-state index in [4.69, 9.17) is 0 Å². The van der Waals surface area contributed by atoms with Crippen LogP contribution in [0.2, 0.25) is 0 Å². The summed E-state index contributed by atoms with van der Waals surface area (Å²) in [6, 6.07) is 7.48. The monoisotopic (exact) mass is 379 g/mol. The Morgan fingerprint density at radius 3 is 2.59 bits per heavy atom. The molecule has 1 aliphatic rings. The number of hydrogen-bond donors (Lipinski definition) is 1. The minimum Gasteiger partial charge on any atom is -0.363 e. The van der Waals surface area contributed by atoms with E-state index in [0.29, 0.717) is 12.5 Å². The number of piperidine rings is 1. The summed E-state index contributed by atoms with van der Waals surface area (Å²) in [6.07, 6.45) is -0.530. The summed E-state index contributed by atoms with van der Waals surface area (Å²) in [7, 11) is 3.86. The molecule has 0 radical (unpaired) electrons. The van der Waals surface area contributed by atoms with Gasteiger partial charge in [0.2, 0.25) is 5.95 Å². The minimum absolute atomic E-state index is 0.214. The molecule has 5 nitrogen and oxygen atoms in total. The summed E-state index contributed by atoms with van der Waals surface area (Å²) in [6.45, 7) is 2.36. The fourth-order valence-corrected chi connectivity index (χ4v) is 3.22. The lowest BCUT2D eigenvalue weighted by atomic mass is 10.0. The van der Waals surface area contributed by atoms with E-state index in [1.54, 1.807) is 18.3 Å². The van der Waals surface area contributed by atoms with Crippen LogP contribution in [0.15, 0.2) is 36.5 Å². The number of benzene rings is 1. The fraction of sp³-hybridized carbons (Fsp3) is 0.474. The van der Waals surface area contributed by atoms with Crippen molar-refractivity contribution in [2.24, 2.45) is 0 Å². The topological polar surface area (TPSA) is 44.3 Å². The van der Waals surface area contributed by atoms with Gasteiger partial charge in [-0.15, -0.1) is 0 Å². The predicted octanol–water partition coefficient (Wildman–Crippen LogP) is 3.64. The quantitative estimate of drug-likeness (QED) is 0.859. The van der Waals surface area contributed by atoms with Gasteiger partial charge in [0.25, 0.3) is 0 Å². The Bertz CT molecular complexity index is 746. The van der Waals surface area contributed by atoms with Crippen LogP contribution in [0.1, 0.15) is 24.0 Å². The lowest BCUT2D eigenvalue weighted by molar-refractivity contribution is -0.137. The van der Waals surface area contributed by atoms with Crippen LogP contribution in [0.25, 0.3) is 0 Å². The molecule has 146 valence electrons. The number of nitrogens with one attached hydrogen (secondary N) is 1. The first kappa shape index (κ1) is 19.4. The predicted molar refractivity (Wildman–Crippen MR) is 99.7 cm³/mol. The summed E-state index contributed by atoms with van der Waals surface area (Å²) in [5.74, 6) is 1.44. The Morgan fingerprint density at radius 2 is 1.93 bits per heavy atom. The molecule has 0 spiro atoms. The van der Waals surface area contributed by atoms with E-state index < -0.39 is 11.7 Å². The number of alkyl halides is 3. The van der Waals surface area contributed by atoms with E-state index in [-0.39, 0.29) is 6.04 Å². The number of anilines is 2. The molecule has 3 rings (SSSR count). The van der Waals surface area contributed by atoms with Crippen LogP contribution in [0.5, 0.6) is 0 Å². The van der Waals surface area contributed by atoms with Gasteiger partial charge in [-0.2, -0.15) is 18.2 Å². The van der Waals surface area contributed by atoms with Crippen molar-refractivity contribution in [3.05, 3.63) is 47.7 Å². The number of hydrogen-bond acceptors (Lipinski definition) is 5. The normalized spacial score (nSPS) is 18.3. The molecule has 1 N–H and O–H groups in total. The van der Waals surface area contributed by atoms with Crippen LogP contribution < -0.4 is 10.2 Å². The Balaban J connectivity index is 1.58. The van der Waals surface area contributed by atoms with Gasteiger partial charge in [-0.05, 0) is 43.1 Å². The van der Waals surface area contributed by atoms with Crippen molar-refractivity contribution in [1.29, 1.82) is 0 Å². The molecule has 1 fully saturated rings. The minimum atomic E-state index is -4.29. The van der Waals surface area contributed by atoms with Gasteiger partial charge in [0, 0.05) is 39.4 Å². The molecule has 0 bridgehead atoms. The molecule has 1 aliphatic heterocycles. The van der Waals surface area contributed by atoms with Crippen molar-refractivity contribution < 1.29 is 13.2 Å². The van der Waals surface area contributed by atoms with Gasteiger partial charge in [0.05, 0.1) is 5.56 Å². The SMILES string of the molecule is CN(C)c1ccnc(NC2CCCN(Cc3ccc(C(F)(F)F)cc3)C2)n1. The lowest BCUT2D eigenvalue weighted by Crippen LogP contribution is -2.41. The summed E-state index contributed by atoms with van der Waals surface area (Å²) in [5.41, 5.74) is 0.275. The zero-order valence-corrected chi connectivity index (χ0v) is 15.5. The molecule has 1 atom stereocenters. The van der Waals surface area contributed by atoms with E-state index in [9.17, 15) is 13.2 Å². The molecule has 2 aromatic rings. The van der Waals surface area contributed by atoms with Crippen LogP contribution in [0.4, 0.5) is 24.9 Å². The second-order valence-electron chi connectivity index (χ2n) is 7.05. The van der Waals surface area contributed by atoms with Crippen LogP contribution in [0, 0.1) is 0 Å². The average Bonchev–Trinajstić information content (AvgIpc) is 2.62. The molecule has 27 heavy (non-hydrogen) atoms. The van der Waals surface area contributed by atoms with Crippen molar-refractivity contribution in [3.8, 4) is 0 Å². The van der Waals surface area contributed by atoms with Gasteiger partial charge in [-0.3, -0.25) is 4.90 Å². The molecular formula is C19H24F3N5. The number of likely N-dealkylation sites (tertiary alicyclic amines) is 1. The molecule has 1 saturated heterocycles. The van der Waals surface area contributed by atoms with Gasteiger partial charge in [-0.25, -0.2) is 4.98 Å². The van der Waals surface area contributed by atoms with Crippen molar-refractivity contribution in [2.75, 3.05) is 37.4 Å². The number of rotatable bonds is 5. The maximum absolute atomic E-state index is 12.7. The Labute approximate surface area is 157 Å². The third-order valence-electron chi connectivity index (χ3n) is 4.63. The number of halogens is 3. The van der Waals surface area contributed by atoms with Crippen LogP contribution >= 0.6 is 0 Å². The Kier molecular flexibility index (Phi) is 5.84. The highest BCUT2D eigenvalue weighted by atomic mass is 19.4. The van der Waals surface area contributed by atoms with Gasteiger partial charge in [0.1, 0.15) is 5.82 Å². The van der Waals surface area contributed by atoms with E-state index in [1.807, 2.05) is 25.1 Å². The molecule has 0 saturated carbocycles. The Morgan fingerprint density at radius 1 is 1.19 bits per heavy atom. The highest BCUT2D eigenvalue weighted by Crippen LogP contribution is 2.29. The van der Waals surface area contributed by atoms with Gasteiger partial charge in [-0.1, -0.05) is 12.1 Å². The zero-order valence-electron chi connectivity index (χ0n) is 15.5. The van der Waals surface area contributed by atoms with Gasteiger partial charge >= 0.3 is 6.18 Å². The third kappa shape index (κ3) is 5.32. The highest BCUT2D eigenvalue weighted by Gasteiger charge is 2.30. The molecule has 8 heteroatoms. The maximum atomic E-state index is 12.7.